The van der Waals surface area contributed by atoms with Crippen LogP contribution in [-0.2, 0) is 18.4 Å². The summed E-state index contributed by atoms with van der Waals surface area (Å²) in [4.78, 5) is 11.8. The molecule has 24 heavy (non-hydrogen) atoms. The molecule has 1 atom stereocenters. The third-order valence-corrected chi connectivity index (χ3v) is 5.51. The largest absolute Gasteiger partial charge is 0.354 e. The lowest BCUT2D eigenvalue weighted by Crippen LogP contribution is -2.42. The summed E-state index contributed by atoms with van der Waals surface area (Å²) in [7, 11) is 1.81. The molecule has 2 aromatic rings. The fraction of sp³-hybridized carbons (Fsp3) is 0.556. The summed E-state index contributed by atoms with van der Waals surface area (Å²) in [5.74, 6) is 0.822. The SMILES string of the molecule is CN=C(NCc1nc(C(C)(C)C)cs1)NC(C)Cc1ccc(C)s1. The van der Waals surface area contributed by atoms with Crippen LogP contribution in [0.1, 0.15) is 48.2 Å². The first-order valence-corrected chi connectivity index (χ1v) is 9.95. The van der Waals surface area contributed by atoms with Crippen LogP contribution in [0, 0.1) is 6.92 Å². The smallest absolute Gasteiger partial charge is 0.191 e. The van der Waals surface area contributed by atoms with Gasteiger partial charge in [0, 0.05) is 40.1 Å². The molecule has 2 heterocycles. The highest BCUT2D eigenvalue weighted by molar-refractivity contribution is 7.11. The zero-order valence-electron chi connectivity index (χ0n) is 15.4. The first-order chi connectivity index (χ1) is 11.3. The van der Waals surface area contributed by atoms with Crippen molar-refractivity contribution in [1.82, 2.24) is 15.6 Å². The molecule has 0 saturated heterocycles. The van der Waals surface area contributed by atoms with E-state index < -0.39 is 0 Å². The van der Waals surface area contributed by atoms with E-state index in [1.54, 1.807) is 18.4 Å². The lowest BCUT2D eigenvalue weighted by Gasteiger charge is -2.17. The number of thiazole rings is 1. The third kappa shape index (κ3) is 5.60. The Balaban J connectivity index is 1.85. The van der Waals surface area contributed by atoms with Gasteiger partial charge >= 0.3 is 0 Å². The van der Waals surface area contributed by atoms with Crippen molar-refractivity contribution in [2.24, 2.45) is 4.99 Å². The van der Waals surface area contributed by atoms with E-state index in [9.17, 15) is 0 Å². The van der Waals surface area contributed by atoms with Crippen molar-refractivity contribution in [1.29, 1.82) is 0 Å². The van der Waals surface area contributed by atoms with E-state index in [1.807, 2.05) is 11.3 Å². The summed E-state index contributed by atoms with van der Waals surface area (Å²) in [5, 5.41) is 10.1. The predicted molar refractivity (Wildman–Crippen MR) is 106 cm³/mol. The molecule has 2 N–H and O–H groups in total. The van der Waals surface area contributed by atoms with Crippen molar-refractivity contribution in [2.45, 2.75) is 59.0 Å². The lowest BCUT2D eigenvalue weighted by molar-refractivity contribution is 0.570. The molecule has 132 valence electrons. The molecule has 0 aliphatic carbocycles. The number of hydrogen-bond donors (Lipinski definition) is 2. The van der Waals surface area contributed by atoms with Crippen LogP contribution in [0.15, 0.2) is 22.5 Å². The Morgan fingerprint density at radius 3 is 2.62 bits per heavy atom. The number of thiophene rings is 1. The van der Waals surface area contributed by atoms with Crippen molar-refractivity contribution in [2.75, 3.05) is 7.05 Å². The molecule has 0 aliphatic rings. The molecule has 0 aromatic carbocycles. The summed E-state index contributed by atoms with van der Waals surface area (Å²) < 4.78 is 0. The van der Waals surface area contributed by atoms with Gasteiger partial charge in [-0.25, -0.2) is 4.98 Å². The van der Waals surface area contributed by atoms with Crippen molar-refractivity contribution in [3.63, 3.8) is 0 Å². The molecule has 0 fully saturated rings. The maximum atomic E-state index is 4.71. The maximum Gasteiger partial charge on any atom is 0.191 e. The molecule has 0 spiro atoms. The minimum absolute atomic E-state index is 0.0992. The number of nitrogens with one attached hydrogen (secondary N) is 2. The van der Waals surface area contributed by atoms with Crippen LogP contribution in [0.2, 0.25) is 0 Å². The molecule has 1 unspecified atom stereocenters. The van der Waals surface area contributed by atoms with Gasteiger partial charge in [-0.15, -0.1) is 22.7 Å². The molecule has 0 aliphatic heterocycles. The van der Waals surface area contributed by atoms with E-state index in [-0.39, 0.29) is 5.41 Å². The number of aromatic nitrogens is 1. The second-order valence-corrected chi connectivity index (χ2v) is 9.38. The molecule has 2 rings (SSSR count). The highest BCUT2D eigenvalue weighted by Gasteiger charge is 2.17. The van der Waals surface area contributed by atoms with Gasteiger partial charge in [-0.05, 0) is 26.0 Å². The number of aliphatic imine (C=N–C) groups is 1. The summed E-state index contributed by atoms with van der Waals surface area (Å²) in [5.41, 5.74) is 1.25. The molecule has 0 amide bonds. The van der Waals surface area contributed by atoms with Gasteiger partial charge in [-0.3, -0.25) is 4.99 Å². The topological polar surface area (TPSA) is 49.3 Å². The quantitative estimate of drug-likeness (QED) is 0.620. The fourth-order valence-corrected chi connectivity index (χ4v) is 4.25. The van der Waals surface area contributed by atoms with Gasteiger partial charge in [0.1, 0.15) is 5.01 Å². The molecular weight excluding hydrogens is 336 g/mol. The van der Waals surface area contributed by atoms with E-state index in [0.29, 0.717) is 12.6 Å². The summed E-state index contributed by atoms with van der Waals surface area (Å²) in [6.07, 6.45) is 1.00. The van der Waals surface area contributed by atoms with E-state index in [1.165, 1.54) is 9.75 Å². The molecule has 0 bridgehead atoms. The standard InChI is InChI=1S/C18H28N4S2/c1-12(9-14-8-7-13(2)24-14)21-17(19-6)20-10-16-22-15(11-23-16)18(3,4)5/h7-8,11-12H,9-10H2,1-6H3,(H2,19,20,21). The molecule has 2 aromatic heterocycles. The number of guanidine groups is 1. The third-order valence-electron chi connectivity index (χ3n) is 3.64. The number of hydrogen-bond acceptors (Lipinski definition) is 4. The van der Waals surface area contributed by atoms with Gasteiger partial charge in [0.2, 0.25) is 0 Å². The number of rotatable bonds is 5. The Hall–Kier alpha value is -1.40. The minimum Gasteiger partial charge on any atom is -0.354 e. The van der Waals surface area contributed by atoms with Crippen LogP contribution < -0.4 is 10.6 Å². The Labute approximate surface area is 153 Å². The monoisotopic (exact) mass is 364 g/mol. The average Bonchev–Trinajstić information content (AvgIpc) is 3.12. The van der Waals surface area contributed by atoms with Gasteiger partial charge in [-0.2, -0.15) is 0 Å². The van der Waals surface area contributed by atoms with Gasteiger partial charge < -0.3 is 10.6 Å². The maximum absolute atomic E-state index is 4.71. The van der Waals surface area contributed by atoms with E-state index in [0.717, 1.165) is 23.1 Å². The number of nitrogens with zero attached hydrogens (tertiary/aromatic N) is 2. The number of aryl methyl sites for hydroxylation is 1. The van der Waals surface area contributed by atoms with E-state index in [4.69, 9.17) is 4.98 Å². The van der Waals surface area contributed by atoms with E-state index >= 15 is 0 Å². The second kappa shape index (κ2) is 8.12. The summed E-state index contributed by atoms with van der Waals surface area (Å²) >= 11 is 3.56. The Bertz CT molecular complexity index is 679. The summed E-state index contributed by atoms with van der Waals surface area (Å²) in [6.45, 7) is 11.6. The van der Waals surface area contributed by atoms with Gasteiger partial charge in [0.25, 0.3) is 0 Å². The first-order valence-electron chi connectivity index (χ1n) is 8.25. The molecule has 0 radical (unpaired) electrons. The lowest BCUT2D eigenvalue weighted by atomic mass is 9.93. The van der Waals surface area contributed by atoms with Crippen LogP contribution in [0.4, 0.5) is 0 Å². The minimum atomic E-state index is 0.0992. The highest BCUT2D eigenvalue weighted by Crippen LogP contribution is 2.23. The molecule has 6 heteroatoms. The van der Waals surface area contributed by atoms with Gasteiger partial charge in [-0.1, -0.05) is 20.8 Å². The van der Waals surface area contributed by atoms with Gasteiger partial charge in [0.05, 0.1) is 12.2 Å². The Morgan fingerprint density at radius 1 is 1.33 bits per heavy atom. The van der Waals surface area contributed by atoms with Crippen LogP contribution in [0.5, 0.6) is 0 Å². The van der Waals surface area contributed by atoms with Crippen molar-refractivity contribution >= 4 is 28.6 Å². The summed E-state index contributed by atoms with van der Waals surface area (Å²) in [6, 6.07) is 4.71. The predicted octanol–water partition coefficient (Wildman–Crippen LogP) is 4.11. The van der Waals surface area contributed by atoms with Crippen LogP contribution >= 0.6 is 22.7 Å². The van der Waals surface area contributed by atoms with Crippen molar-refractivity contribution in [3.05, 3.63) is 38.0 Å². The first kappa shape index (κ1) is 18.9. The highest BCUT2D eigenvalue weighted by atomic mass is 32.1. The van der Waals surface area contributed by atoms with Crippen molar-refractivity contribution < 1.29 is 0 Å². The second-order valence-electron chi connectivity index (χ2n) is 7.06. The normalized spacial score (nSPS) is 13.8. The average molecular weight is 365 g/mol. The fourth-order valence-electron chi connectivity index (χ4n) is 2.27. The van der Waals surface area contributed by atoms with Crippen molar-refractivity contribution in [3.8, 4) is 0 Å². The molecule has 0 saturated carbocycles. The molecular formula is C18H28N4S2. The van der Waals surface area contributed by atoms with Crippen LogP contribution in [0.25, 0.3) is 0 Å². The zero-order valence-corrected chi connectivity index (χ0v) is 17.1. The van der Waals surface area contributed by atoms with Crippen LogP contribution in [0.3, 0.4) is 0 Å². The molecule has 4 nitrogen and oxygen atoms in total. The van der Waals surface area contributed by atoms with E-state index in [2.05, 4.69) is 67.8 Å². The Kier molecular flexibility index (Phi) is 6.40. The van der Waals surface area contributed by atoms with Gasteiger partial charge in [0.15, 0.2) is 5.96 Å². The Morgan fingerprint density at radius 2 is 2.08 bits per heavy atom. The van der Waals surface area contributed by atoms with Crippen LogP contribution in [-0.4, -0.2) is 24.0 Å². The zero-order chi connectivity index (χ0) is 17.7.